The first-order chi connectivity index (χ1) is 12.3. The summed E-state index contributed by atoms with van der Waals surface area (Å²) in [6.45, 7) is 4.60. The fourth-order valence-electron chi connectivity index (χ4n) is 4.75. The Balaban J connectivity index is 1.55. The molecule has 132 valence electrons. The van der Waals surface area contributed by atoms with Crippen molar-refractivity contribution in [1.29, 1.82) is 0 Å². The Labute approximate surface area is 151 Å². The first kappa shape index (κ1) is 16.7. The molecule has 0 aromatic heterocycles. The van der Waals surface area contributed by atoms with Gasteiger partial charge in [0.1, 0.15) is 5.75 Å². The van der Waals surface area contributed by atoms with E-state index in [9.17, 15) is 0 Å². The topological polar surface area (TPSA) is 21.3 Å². The molecule has 2 aliphatic rings. The van der Waals surface area contributed by atoms with Gasteiger partial charge in [-0.25, -0.2) is 0 Å². The van der Waals surface area contributed by atoms with E-state index in [0.717, 1.165) is 31.2 Å². The molecule has 1 N–H and O–H groups in total. The van der Waals surface area contributed by atoms with E-state index in [-0.39, 0.29) is 0 Å². The van der Waals surface area contributed by atoms with Crippen molar-refractivity contribution in [2.24, 2.45) is 0 Å². The maximum atomic E-state index is 5.65. The fourth-order valence-corrected chi connectivity index (χ4v) is 4.75. The molecule has 0 amide bonds. The Morgan fingerprint density at radius 1 is 1.08 bits per heavy atom. The van der Waals surface area contributed by atoms with Gasteiger partial charge in [-0.1, -0.05) is 30.3 Å². The molecule has 2 aromatic carbocycles. The molecule has 0 bridgehead atoms. The molecule has 1 saturated heterocycles. The van der Waals surface area contributed by atoms with Gasteiger partial charge in [-0.3, -0.25) is 0 Å². The molecule has 2 heteroatoms. The minimum atomic E-state index is 0.592. The second kappa shape index (κ2) is 7.21. The van der Waals surface area contributed by atoms with E-state index < -0.39 is 0 Å². The van der Waals surface area contributed by atoms with Crippen molar-refractivity contribution in [1.82, 2.24) is 5.32 Å². The maximum Gasteiger partial charge on any atom is 0.122 e. The van der Waals surface area contributed by atoms with Crippen molar-refractivity contribution in [3.63, 3.8) is 0 Å². The predicted octanol–water partition coefficient (Wildman–Crippen LogP) is 4.74. The first-order valence-electron chi connectivity index (χ1n) is 9.72. The predicted molar refractivity (Wildman–Crippen MR) is 104 cm³/mol. The Kier molecular flexibility index (Phi) is 4.80. The van der Waals surface area contributed by atoms with E-state index in [1.165, 1.54) is 53.5 Å². The smallest absolute Gasteiger partial charge is 0.122 e. The summed E-state index contributed by atoms with van der Waals surface area (Å²) in [4.78, 5) is 0. The highest BCUT2D eigenvalue weighted by atomic mass is 16.5. The molecule has 2 aromatic rings. The van der Waals surface area contributed by atoms with Crippen LogP contribution in [0.3, 0.4) is 0 Å². The van der Waals surface area contributed by atoms with Crippen molar-refractivity contribution in [2.45, 2.75) is 50.9 Å². The molecule has 4 rings (SSSR count). The number of hydrogen-bond donors (Lipinski definition) is 1. The van der Waals surface area contributed by atoms with Gasteiger partial charge in [-0.15, -0.1) is 0 Å². The standard InChI is InChI=1S/C23H29NO/c1-16-14-20(17-10-12-24-13-11-17)8-7-19(16)15-21-9-6-18-4-3-5-22(25-2)23(18)21/h3-5,7-8,14,17,21,24H,6,9-13,15H2,1-2H3. The molecule has 0 spiro atoms. The van der Waals surface area contributed by atoms with Gasteiger partial charge in [0.25, 0.3) is 0 Å². The van der Waals surface area contributed by atoms with Gasteiger partial charge in [-0.2, -0.15) is 0 Å². The van der Waals surface area contributed by atoms with Crippen LogP contribution < -0.4 is 10.1 Å². The minimum absolute atomic E-state index is 0.592. The van der Waals surface area contributed by atoms with E-state index in [4.69, 9.17) is 4.74 Å². The molecule has 1 unspecified atom stereocenters. The lowest BCUT2D eigenvalue weighted by Gasteiger charge is -2.24. The summed E-state index contributed by atoms with van der Waals surface area (Å²) in [5.41, 5.74) is 7.42. The van der Waals surface area contributed by atoms with E-state index >= 15 is 0 Å². The molecule has 1 fully saturated rings. The second-order valence-electron chi connectivity index (χ2n) is 7.68. The molecular formula is C23H29NO. The highest BCUT2D eigenvalue weighted by Crippen LogP contribution is 2.41. The van der Waals surface area contributed by atoms with Crippen molar-refractivity contribution in [2.75, 3.05) is 20.2 Å². The molecule has 2 nitrogen and oxygen atoms in total. The van der Waals surface area contributed by atoms with Crippen molar-refractivity contribution in [3.05, 3.63) is 64.2 Å². The van der Waals surface area contributed by atoms with Crippen LogP contribution in [0.15, 0.2) is 36.4 Å². The SMILES string of the molecule is COc1cccc2c1C(Cc1ccc(C3CCNCC3)cc1C)CC2. The zero-order chi connectivity index (χ0) is 17.2. The number of ether oxygens (including phenoxy) is 1. The quantitative estimate of drug-likeness (QED) is 0.871. The Hall–Kier alpha value is -1.80. The number of hydrogen-bond acceptors (Lipinski definition) is 2. The molecule has 1 aliphatic carbocycles. The van der Waals surface area contributed by atoms with Gasteiger partial charge >= 0.3 is 0 Å². The number of methoxy groups -OCH3 is 1. The summed E-state index contributed by atoms with van der Waals surface area (Å²) in [5, 5.41) is 3.47. The maximum absolute atomic E-state index is 5.65. The van der Waals surface area contributed by atoms with Gasteiger partial charge in [0, 0.05) is 5.56 Å². The van der Waals surface area contributed by atoms with Crippen LogP contribution in [0.5, 0.6) is 5.75 Å². The van der Waals surface area contributed by atoms with E-state index in [1.807, 2.05) is 0 Å². The molecular weight excluding hydrogens is 306 g/mol. The summed E-state index contributed by atoms with van der Waals surface area (Å²) in [7, 11) is 1.80. The van der Waals surface area contributed by atoms with Crippen molar-refractivity contribution >= 4 is 0 Å². The van der Waals surface area contributed by atoms with Crippen LogP contribution in [0, 0.1) is 6.92 Å². The van der Waals surface area contributed by atoms with Gasteiger partial charge in [0.05, 0.1) is 7.11 Å². The van der Waals surface area contributed by atoms with E-state index in [0.29, 0.717) is 5.92 Å². The van der Waals surface area contributed by atoms with Gasteiger partial charge < -0.3 is 10.1 Å². The normalized spacial score (nSPS) is 20.5. The number of nitrogens with one attached hydrogen (secondary N) is 1. The Bertz CT molecular complexity index is 746. The summed E-state index contributed by atoms with van der Waals surface area (Å²) >= 11 is 0. The van der Waals surface area contributed by atoms with Gasteiger partial charge in [-0.05, 0) is 92.3 Å². The summed E-state index contributed by atoms with van der Waals surface area (Å²) in [5.74, 6) is 2.40. The Morgan fingerprint density at radius 3 is 2.68 bits per heavy atom. The molecule has 25 heavy (non-hydrogen) atoms. The second-order valence-corrected chi connectivity index (χ2v) is 7.68. The third-order valence-electron chi connectivity index (χ3n) is 6.19. The number of benzene rings is 2. The van der Waals surface area contributed by atoms with Crippen LogP contribution in [0.25, 0.3) is 0 Å². The van der Waals surface area contributed by atoms with E-state index in [1.54, 1.807) is 7.11 Å². The number of fused-ring (bicyclic) bond motifs is 1. The summed E-state index contributed by atoms with van der Waals surface area (Å²) < 4.78 is 5.65. The number of rotatable bonds is 4. The average molecular weight is 335 g/mol. The molecule has 1 atom stereocenters. The third kappa shape index (κ3) is 3.32. The monoisotopic (exact) mass is 335 g/mol. The number of piperidine rings is 1. The lowest BCUT2D eigenvalue weighted by Crippen LogP contribution is -2.26. The highest BCUT2D eigenvalue weighted by Gasteiger charge is 2.26. The van der Waals surface area contributed by atoms with Crippen molar-refractivity contribution < 1.29 is 4.74 Å². The fraction of sp³-hybridized carbons (Fsp3) is 0.478. The van der Waals surface area contributed by atoms with E-state index in [2.05, 4.69) is 48.6 Å². The third-order valence-corrected chi connectivity index (χ3v) is 6.19. The molecule has 0 radical (unpaired) electrons. The van der Waals surface area contributed by atoms with Crippen LogP contribution in [0.4, 0.5) is 0 Å². The van der Waals surface area contributed by atoms with Crippen LogP contribution in [-0.4, -0.2) is 20.2 Å². The molecule has 0 saturated carbocycles. The summed E-state index contributed by atoms with van der Waals surface area (Å²) in [6, 6.07) is 13.7. The number of aryl methyl sites for hydroxylation is 2. The average Bonchev–Trinajstić information content (AvgIpc) is 3.07. The van der Waals surface area contributed by atoms with Crippen molar-refractivity contribution in [3.8, 4) is 5.75 Å². The van der Waals surface area contributed by atoms with Gasteiger partial charge in [0.15, 0.2) is 0 Å². The molecule has 1 aliphatic heterocycles. The lowest BCUT2D eigenvalue weighted by molar-refractivity contribution is 0.406. The minimum Gasteiger partial charge on any atom is -0.496 e. The van der Waals surface area contributed by atoms with Crippen LogP contribution in [0.1, 0.15) is 58.9 Å². The van der Waals surface area contributed by atoms with Crippen LogP contribution >= 0.6 is 0 Å². The Morgan fingerprint density at radius 2 is 1.92 bits per heavy atom. The zero-order valence-corrected chi connectivity index (χ0v) is 15.5. The van der Waals surface area contributed by atoms with Gasteiger partial charge in [0.2, 0.25) is 0 Å². The highest BCUT2D eigenvalue weighted by molar-refractivity contribution is 5.47. The first-order valence-corrected chi connectivity index (χ1v) is 9.72. The van der Waals surface area contributed by atoms with Crippen LogP contribution in [0.2, 0.25) is 0 Å². The lowest BCUT2D eigenvalue weighted by atomic mass is 9.86. The molecule has 1 heterocycles. The summed E-state index contributed by atoms with van der Waals surface area (Å²) in [6.07, 6.45) is 6.10. The largest absolute Gasteiger partial charge is 0.496 e. The zero-order valence-electron chi connectivity index (χ0n) is 15.5. The van der Waals surface area contributed by atoms with Crippen LogP contribution in [-0.2, 0) is 12.8 Å².